The average Bonchev–Trinajstić information content (AvgIpc) is 2.68. The SMILES string of the molecule is Cc1ccc2cccc(Nc3ncnc(Nc4ccc(F)c(F)c4)c3N)c2n1. The first-order valence-electron chi connectivity index (χ1n) is 8.47. The van der Waals surface area contributed by atoms with Crippen LogP contribution < -0.4 is 16.4 Å². The molecule has 0 radical (unpaired) electrons. The topological polar surface area (TPSA) is 88.8 Å². The Morgan fingerprint density at radius 1 is 0.893 bits per heavy atom. The highest BCUT2D eigenvalue weighted by molar-refractivity contribution is 5.93. The third-order valence-corrected chi connectivity index (χ3v) is 4.18. The molecule has 0 atom stereocenters. The summed E-state index contributed by atoms with van der Waals surface area (Å²) in [5.41, 5.74) is 9.15. The van der Waals surface area contributed by atoms with Crippen LogP contribution in [0.25, 0.3) is 10.9 Å². The van der Waals surface area contributed by atoms with E-state index in [0.29, 0.717) is 11.5 Å². The van der Waals surface area contributed by atoms with Gasteiger partial charge in [-0.2, -0.15) is 0 Å². The van der Waals surface area contributed by atoms with Gasteiger partial charge < -0.3 is 16.4 Å². The monoisotopic (exact) mass is 378 g/mol. The second-order valence-electron chi connectivity index (χ2n) is 6.19. The van der Waals surface area contributed by atoms with Crippen LogP contribution in [0.15, 0.2) is 54.9 Å². The molecule has 0 saturated carbocycles. The van der Waals surface area contributed by atoms with E-state index in [1.807, 2.05) is 37.3 Å². The molecule has 0 amide bonds. The number of nitrogen functional groups attached to an aromatic ring is 1. The van der Waals surface area contributed by atoms with E-state index in [0.717, 1.165) is 34.4 Å². The van der Waals surface area contributed by atoms with Crippen molar-refractivity contribution in [2.24, 2.45) is 0 Å². The van der Waals surface area contributed by atoms with Gasteiger partial charge in [-0.3, -0.25) is 4.98 Å². The molecular weight excluding hydrogens is 362 g/mol. The fraction of sp³-hybridized carbons (Fsp3) is 0.0500. The zero-order valence-electron chi connectivity index (χ0n) is 14.9. The van der Waals surface area contributed by atoms with E-state index in [1.165, 1.54) is 12.4 Å². The van der Waals surface area contributed by atoms with Gasteiger partial charge >= 0.3 is 0 Å². The average molecular weight is 378 g/mol. The zero-order valence-corrected chi connectivity index (χ0v) is 14.9. The number of halogens is 2. The molecule has 2 aromatic carbocycles. The Kier molecular flexibility index (Phi) is 4.44. The number of benzene rings is 2. The maximum Gasteiger partial charge on any atom is 0.160 e. The highest BCUT2D eigenvalue weighted by Gasteiger charge is 2.12. The number of hydrogen-bond acceptors (Lipinski definition) is 6. The van der Waals surface area contributed by atoms with E-state index in [4.69, 9.17) is 5.73 Å². The summed E-state index contributed by atoms with van der Waals surface area (Å²) in [4.78, 5) is 12.8. The van der Waals surface area contributed by atoms with Gasteiger partial charge in [0, 0.05) is 22.8 Å². The van der Waals surface area contributed by atoms with Crippen molar-refractivity contribution in [2.45, 2.75) is 6.92 Å². The van der Waals surface area contributed by atoms with Crippen molar-refractivity contribution < 1.29 is 8.78 Å². The van der Waals surface area contributed by atoms with Gasteiger partial charge in [-0.05, 0) is 31.2 Å². The molecular formula is C20H16F2N6. The van der Waals surface area contributed by atoms with Crippen molar-refractivity contribution >= 4 is 39.6 Å². The first-order valence-corrected chi connectivity index (χ1v) is 8.47. The van der Waals surface area contributed by atoms with Crippen molar-refractivity contribution in [3.8, 4) is 0 Å². The van der Waals surface area contributed by atoms with Crippen LogP contribution in [-0.4, -0.2) is 15.0 Å². The summed E-state index contributed by atoms with van der Waals surface area (Å²) >= 11 is 0. The number of fused-ring (bicyclic) bond motifs is 1. The van der Waals surface area contributed by atoms with Crippen molar-refractivity contribution in [3.63, 3.8) is 0 Å². The quantitative estimate of drug-likeness (QED) is 0.478. The molecule has 6 nitrogen and oxygen atoms in total. The number of aryl methyl sites for hydroxylation is 1. The molecule has 4 aromatic rings. The Labute approximate surface area is 159 Å². The third kappa shape index (κ3) is 3.39. The number of nitrogens with two attached hydrogens (primary N) is 1. The lowest BCUT2D eigenvalue weighted by Gasteiger charge is -2.14. The molecule has 0 saturated heterocycles. The third-order valence-electron chi connectivity index (χ3n) is 4.18. The Hall–Kier alpha value is -3.81. The van der Waals surface area contributed by atoms with Crippen LogP contribution >= 0.6 is 0 Å². The summed E-state index contributed by atoms with van der Waals surface area (Å²) in [6.07, 6.45) is 1.32. The zero-order chi connectivity index (χ0) is 19.7. The van der Waals surface area contributed by atoms with Gasteiger partial charge in [-0.25, -0.2) is 18.7 Å². The molecule has 140 valence electrons. The van der Waals surface area contributed by atoms with Crippen molar-refractivity contribution in [1.82, 2.24) is 15.0 Å². The Bertz CT molecular complexity index is 1180. The number of hydrogen-bond donors (Lipinski definition) is 3. The molecule has 4 rings (SSSR count). The summed E-state index contributed by atoms with van der Waals surface area (Å²) in [6, 6.07) is 13.1. The predicted molar refractivity (Wildman–Crippen MR) is 106 cm³/mol. The minimum atomic E-state index is -0.965. The van der Waals surface area contributed by atoms with Gasteiger partial charge in [0.2, 0.25) is 0 Å². The minimum absolute atomic E-state index is 0.233. The molecule has 2 aromatic heterocycles. The van der Waals surface area contributed by atoms with Crippen LogP contribution in [0.3, 0.4) is 0 Å². The van der Waals surface area contributed by atoms with Gasteiger partial charge in [-0.15, -0.1) is 0 Å². The van der Waals surface area contributed by atoms with E-state index >= 15 is 0 Å². The number of para-hydroxylation sites is 1. The van der Waals surface area contributed by atoms with Gasteiger partial charge in [0.05, 0.1) is 11.2 Å². The van der Waals surface area contributed by atoms with Crippen molar-refractivity contribution in [2.75, 3.05) is 16.4 Å². The van der Waals surface area contributed by atoms with Gasteiger partial charge in [0.15, 0.2) is 23.3 Å². The first-order chi connectivity index (χ1) is 13.5. The van der Waals surface area contributed by atoms with Crippen molar-refractivity contribution in [1.29, 1.82) is 0 Å². The molecule has 0 bridgehead atoms. The lowest BCUT2D eigenvalue weighted by Crippen LogP contribution is -2.06. The van der Waals surface area contributed by atoms with E-state index < -0.39 is 11.6 Å². The molecule has 4 N–H and O–H groups in total. The molecule has 8 heteroatoms. The van der Waals surface area contributed by atoms with Gasteiger partial charge in [-0.1, -0.05) is 18.2 Å². The number of rotatable bonds is 4. The number of aromatic nitrogens is 3. The van der Waals surface area contributed by atoms with E-state index in [2.05, 4.69) is 25.6 Å². The number of pyridine rings is 1. The van der Waals surface area contributed by atoms with E-state index in [1.54, 1.807) is 0 Å². The van der Waals surface area contributed by atoms with Crippen LogP contribution in [0.1, 0.15) is 5.69 Å². The summed E-state index contributed by atoms with van der Waals surface area (Å²) < 4.78 is 26.5. The lowest BCUT2D eigenvalue weighted by molar-refractivity contribution is 0.509. The second kappa shape index (κ2) is 7.07. The number of nitrogens with zero attached hydrogens (tertiary/aromatic N) is 3. The highest BCUT2D eigenvalue weighted by atomic mass is 19.2. The molecule has 0 aliphatic carbocycles. The smallest absolute Gasteiger partial charge is 0.160 e. The van der Waals surface area contributed by atoms with Gasteiger partial charge in [0.25, 0.3) is 0 Å². The Morgan fingerprint density at radius 2 is 1.68 bits per heavy atom. The first kappa shape index (κ1) is 17.6. The fourth-order valence-electron chi connectivity index (χ4n) is 2.78. The largest absolute Gasteiger partial charge is 0.393 e. The van der Waals surface area contributed by atoms with E-state index in [-0.39, 0.29) is 11.5 Å². The summed E-state index contributed by atoms with van der Waals surface area (Å²) in [5, 5.41) is 7.03. The maximum absolute atomic E-state index is 13.4. The number of nitrogens with one attached hydrogen (secondary N) is 2. The molecule has 2 heterocycles. The predicted octanol–water partition coefficient (Wildman–Crippen LogP) is 4.68. The maximum atomic E-state index is 13.4. The molecule has 0 unspecified atom stereocenters. The lowest BCUT2D eigenvalue weighted by atomic mass is 10.1. The van der Waals surface area contributed by atoms with Crippen molar-refractivity contribution in [3.05, 3.63) is 72.2 Å². The second-order valence-corrected chi connectivity index (χ2v) is 6.19. The van der Waals surface area contributed by atoms with Gasteiger partial charge in [0.1, 0.15) is 12.0 Å². The van der Waals surface area contributed by atoms with Crippen LogP contribution in [0.5, 0.6) is 0 Å². The molecule has 0 aliphatic rings. The normalized spacial score (nSPS) is 10.8. The van der Waals surface area contributed by atoms with E-state index in [9.17, 15) is 8.78 Å². The standard InChI is InChI=1S/C20H16F2N6/c1-11-5-6-12-3-2-4-16(18(12)26-11)28-20-17(23)19(24-10-25-20)27-13-7-8-14(21)15(22)9-13/h2-10H,23H2,1H3,(H2,24,25,27,28). The summed E-state index contributed by atoms with van der Waals surface area (Å²) in [6.45, 7) is 1.92. The number of anilines is 5. The molecule has 0 fully saturated rings. The van der Waals surface area contributed by atoms with Crippen LogP contribution in [-0.2, 0) is 0 Å². The van der Waals surface area contributed by atoms with Crippen LogP contribution in [0.4, 0.5) is 37.5 Å². The van der Waals surface area contributed by atoms with Crippen LogP contribution in [0, 0.1) is 18.6 Å². The molecule has 28 heavy (non-hydrogen) atoms. The highest BCUT2D eigenvalue weighted by Crippen LogP contribution is 2.31. The Morgan fingerprint density at radius 3 is 2.46 bits per heavy atom. The van der Waals surface area contributed by atoms with Crippen LogP contribution in [0.2, 0.25) is 0 Å². The fourth-order valence-corrected chi connectivity index (χ4v) is 2.78. The minimum Gasteiger partial charge on any atom is -0.393 e. The molecule has 0 aliphatic heterocycles. The molecule has 0 spiro atoms. The summed E-state index contributed by atoms with van der Waals surface area (Å²) in [7, 11) is 0. The summed E-state index contributed by atoms with van der Waals surface area (Å²) in [5.74, 6) is -1.25. The Balaban J connectivity index is 1.67.